The highest BCUT2D eigenvalue weighted by Crippen LogP contribution is 2.12. The Labute approximate surface area is 111 Å². The van der Waals surface area contributed by atoms with E-state index in [1.165, 1.54) is 0 Å². The van der Waals surface area contributed by atoms with Crippen molar-refractivity contribution in [2.75, 3.05) is 6.54 Å². The Bertz CT molecular complexity index is 343. The zero-order valence-electron chi connectivity index (χ0n) is 11.4. The third-order valence-electron chi connectivity index (χ3n) is 2.85. The van der Waals surface area contributed by atoms with Gasteiger partial charge in [-0.2, -0.15) is 0 Å². The molecule has 1 amide bonds. The second-order valence-electron chi connectivity index (χ2n) is 4.46. The molecule has 0 heterocycles. The summed E-state index contributed by atoms with van der Waals surface area (Å²) in [7, 11) is 0. The first-order valence-electron chi connectivity index (χ1n) is 6.49. The van der Waals surface area contributed by atoms with E-state index in [1.54, 1.807) is 12.2 Å². The predicted molar refractivity (Wildman–Crippen MR) is 76.6 cm³/mol. The van der Waals surface area contributed by atoms with Crippen molar-refractivity contribution in [3.05, 3.63) is 12.2 Å². The minimum Gasteiger partial charge on any atom is -0.355 e. The Morgan fingerprint density at radius 2 is 2.11 bits per heavy atom. The van der Waals surface area contributed by atoms with Gasteiger partial charge in [-0.15, -0.1) is 18.8 Å². The van der Waals surface area contributed by atoms with E-state index < -0.39 is 0 Å². The Morgan fingerprint density at radius 1 is 1.39 bits per heavy atom. The van der Waals surface area contributed by atoms with Crippen molar-refractivity contribution < 1.29 is 4.79 Å². The summed E-state index contributed by atoms with van der Waals surface area (Å²) in [4.78, 5) is 11.8. The largest absolute Gasteiger partial charge is 0.355 e. The molecule has 1 N–H and O–H groups in total. The molecule has 0 aliphatic rings. The summed E-state index contributed by atoms with van der Waals surface area (Å²) in [6, 6.07) is 0. The molecule has 0 aromatic rings. The molecule has 0 fully saturated rings. The molecular weight excluding hydrogens is 222 g/mol. The van der Waals surface area contributed by atoms with Crippen molar-refractivity contribution in [2.24, 2.45) is 11.8 Å². The highest BCUT2D eigenvalue weighted by Gasteiger charge is 2.12. The summed E-state index contributed by atoms with van der Waals surface area (Å²) in [5, 5.41) is 2.96. The number of rotatable bonds is 8. The standard InChI is InChI=1S/C16H23NO/c1-5-8-11-14(4)16(18)17-13-15(10-7-3)12-9-6-2/h1-2,8,11,14-15H,7,9-10,12-13H2,3-4H3,(H,17,18). The van der Waals surface area contributed by atoms with Crippen LogP contribution in [0, 0.1) is 36.5 Å². The van der Waals surface area contributed by atoms with Gasteiger partial charge in [0.05, 0.1) is 5.92 Å². The molecular formula is C16H23NO. The van der Waals surface area contributed by atoms with E-state index in [0.29, 0.717) is 12.5 Å². The molecule has 2 nitrogen and oxygen atoms in total. The maximum Gasteiger partial charge on any atom is 0.226 e. The lowest BCUT2D eigenvalue weighted by molar-refractivity contribution is -0.123. The van der Waals surface area contributed by atoms with Gasteiger partial charge in [-0.05, 0) is 24.8 Å². The number of terminal acetylenes is 2. The summed E-state index contributed by atoms with van der Waals surface area (Å²) in [5.41, 5.74) is 0. The van der Waals surface area contributed by atoms with Crippen molar-refractivity contribution in [1.82, 2.24) is 5.32 Å². The van der Waals surface area contributed by atoms with Crippen LogP contribution in [0.15, 0.2) is 12.2 Å². The smallest absolute Gasteiger partial charge is 0.226 e. The van der Waals surface area contributed by atoms with E-state index in [9.17, 15) is 4.79 Å². The van der Waals surface area contributed by atoms with Crippen LogP contribution in [0.4, 0.5) is 0 Å². The lowest BCUT2D eigenvalue weighted by Crippen LogP contribution is -2.32. The lowest BCUT2D eigenvalue weighted by atomic mass is 9.97. The normalized spacial score (nSPS) is 13.6. The van der Waals surface area contributed by atoms with Crippen LogP contribution in [0.2, 0.25) is 0 Å². The first-order valence-corrected chi connectivity index (χ1v) is 6.49. The molecule has 0 radical (unpaired) electrons. The fourth-order valence-corrected chi connectivity index (χ4v) is 1.74. The highest BCUT2D eigenvalue weighted by molar-refractivity contribution is 5.80. The number of hydrogen-bond donors (Lipinski definition) is 1. The van der Waals surface area contributed by atoms with Gasteiger partial charge >= 0.3 is 0 Å². The molecule has 0 aliphatic carbocycles. The average Bonchev–Trinajstić information content (AvgIpc) is 2.38. The fourth-order valence-electron chi connectivity index (χ4n) is 1.74. The highest BCUT2D eigenvalue weighted by atomic mass is 16.1. The molecule has 18 heavy (non-hydrogen) atoms. The second-order valence-corrected chi connectivity index (χ2v) is 4.46. The molecule has 0 aromatic carbocycles. The van der Waals surface area contributed by atoms with Crippen LogP contribution in [0.5, 0.6) is 0 Å². The van der Waals surface area contributed by atoms with Crippen molar-refractivity contribution in [3.63, 3.8) is 0 Å². The van der Waals surface area contributed by atoms with Crippen molar-refractivity contribution in [3.8, 4) is 24.7 Å². The zero-order chi connectivity index (χ0) is 13.8. The third kappa shape index (κ3) is 7.58. The molecule has 0 aromatic heterocycles. The van der Waals surface area contributed by atoms with E-state index in [0.717, 1.165) is 25.7 Å². The van der Waals surface area contributed by atoms with Gasteiger partial charge in [0, 0.05) is 13.0 Å². The van der Waals surface area contributed by atoms with Crippen LogP contribution >= 0.6 is 0 Å². The molecule has 2 unspecified atom stereocenters. The van der Waals surface area contributed by atoms with Gasteiger partial charge < -0.3 is 5.32 Å². The van der Waals surface area contributed by atoms with E-state index in [2.05, 4.69) is 24.1 Å². The van der Waals surface area contributed by atoms with Gasteiger partial charge in [0.1, 0.15) is 0 Å². The van der Waals surface area contributed by atoms with Crippen LogP contribution in [0.1, 0.15) is 39.5 Å². The number of carbonyl (C=O) groups is 1. The summed E-state index contributed by atoms with van der Waals surface area (Å²) in [5.74, 6) is 5.34. The van der Waals surface area contributed by atoms with Crippen molar-refractivity contribution in [1.29, 1.82) is 0 Å². The minimum absolute atomic E-state index is 0.0170. The molecule has 0 rings (SSSR count). The molecule has 0 spiro atoms. The number of amides is 1. The lowest BCUT2D eigenvalue weighted by Gasteiger charge is -2.16. The predicted octanol–water partition coefficient (Wildman–Crippen LogP) is 2.76. The topological polar surface area (TPSA) is 29.1 Å². The van der Waals surface area contributed by atoms with E-state index in [4.69, 9.17) is 12.8 Å². The Balaban J connectivity index is 4.10. The van der Waals surface area contributed by atoms with E-state index in [-0.39, 0.29) is 11.8 Å². The first-order chi connectivity index (χ1) is 8.65. The Morgan fingerprint density at radius 3 is 2.67 bits per heavy atom. The summed E-state index contributed by atoms with van der Waals surface area (Å²) < 4.78 is 0. The van der Waals surface area contributed by atoms with Crippen LogP contribution in [-0.2, 0) is 4.79 Å². The van der Waals surface area contributed by atoms with Crippen LogP contribution in [0.25, 0.3) is 0 Å². The molecule has 0 saturated carbocycles. The second kappa shape index (κ2) is 10.5. The summed E-state index contributed by atoms with van der Waals surface area (Å²) >= 11 is 0. The summed E-state index contributed by atoms with van der Waals surface area (Å²) in [6.45, 7) is 4.67. The van der Waals surface area contributed by atoms with Gasteiger partial charge in [-0.25, -0.2) is 0 Å². The van der Waals surface area contributed by atoms with Gasteiger partial charge in [0.2, 0.25) is 5.91 Å². The van der Waals surface area contributed by atoms with Gasteiger partial charge in [-0.3, -0.25) is 4.79 Å². The Hall–Kier alpha value is -1.67. The monoisotopic (exact) mass is 245 g/mol. The third-order valence-corrected chi connectivity index (χ3v) is 2.85. The SMILES string of the molecule is C#CC=CC(C)C(=O)NCC(CCC)CCC#C. The number of carbonyl (C=O) groups excluding carboxylic acids is 1. The van der Waals surface area contributed by atoms with Crippen molar-refractivity contribution >= 4 is 5.91 Å². The molecule has 0 saturated heterocycles. The summed E-state index contributed by atoms with van der Waals surface area (Å²) in [6.07, 6.45) is 17.6. The quantitative estimate of drug-likeness (QED) is 0.655. The van der Waals surface area contributed by atoms with Crippen LogP contribution in [0.3, 0.4) is 0 Å². The van der Waals surface area contributed by atoms with Gasteiger partial charge in [-0.1, -0.05) is 32.3 Å². The number of nitrogens with one attached hydrogen (secondary N) is 1. The Kier molecular flexibility index (Phi) is 9.51. The van der Waals surface area contributed by atoms with E-state index >= 15 is 0 Å². The van der Waals surface area contributed by atoms with E-state index in [1.807, 2.05) is 6.92 Å². The van der Waals surface area contributed by atoms with Gasteiger partial charge in [0.25, 0.3) is 0 Å². The molecule has 2 atom stereocenters. The number of hydrogen-bond acceptors (Lipinski definition) is 1. The average molecular weight is 245 g/mol. The maximum atomic E-state index is 11.8. The molecule has 98 valence electrons. The molecule has 0 aliphatic heterocycles. The maximum absolute atomic E-state index is 11.8. The molecule has 0 bridgehead atoms. The first kappa shape index (κ1) is 16.3. The zero-order valence-corrected chi connectivity index (χ0v) is 11.4. The number of allylic oxidation sites excluding steroid dienone is 1. The fraction of sp³-hybridized carbons (Fsp3) is 0.562. The van der Waals surface area contributed by atoms with Gasteiger partial charge in [0.15, 0.2) is 0 Å². The molecule has 2 heteroatoms. The minimum atomic E-state index is -0.184. The van der Waals surface area contributed by atoms with Crippen LogP contribution in [-0.4, -0.2) is 12.5 Å². The van der Waals surface area contributed by atoms with Crippen LogP contribution < -0.4 is 5.32 Å². The van der Waals surface area contributed by atoms with Crippen molar-refractivity contribution in [2.45, 2.75) is 39.5 Å².